The van der Waals surface area contributed by atoms with Crippen LogP contribution in [0.15, 0.2) is 46.4 Å². The normalized spacial score (nSPS) is 22.4. The second-order valence-corrected chi connectivity index (χ2v) is 9.26. The number of halogens is 1. The summed E-state index contributed by atoms with van der Waals surface area (Å²) in [6.07, 6.45) is 9.20. The highest BCUT2D eigenvalue weighted by atomic mass is 35.5. The average Bonchev–Trinajstić information content (AvgIpc) is 3.44. The van der Waals surface area contributed by atoms with E-state index in [4.69, 9.17) is 21.1 Å². The molecule has 160 valence electrons. The number of benzene rings is 1. The Morgan fingerprint density at radius 3 is 2.83 bits per heavy atom. The molecule has 1 saturated carbocycles. The minimum Gasteiger partial charge on any atom is -0.511 e. The molecule has 0 radical (unpaired) electrons. The molecule has 0 bridgehead atoms. The molecule has 0 saturated heterocycles. The molecule has 2 aliphatic rings. The first-order valence-electron chi connectivity index (χ1n) is 10.2. The van der Waals surface area contributed by atoms with E-state index in [0.717, 1.165) is 43.0 Å². The van der Waals surface area contributed by atoms with Gasteiger partial charge in [0.1, 0.15) is 22.0 Å². The van der Waals surface area contributed by atoms with Crippen LogP contribution in [0.3, 0.4) is 0 Å². The van der Waals surface area contributed by atoms with Gasteiger partial charge in [0.25, 0.3) is 0 Å². The first-order chi connectivity index (χ1) is 14.5. The Balaban J connectivity index is 1.56. The molecule has 1 aliphatic carbocycles. The van der Waals surface area contributed by atoms with Crippen molar-refractivity contribution >= 4 is 29.3 Å². The van der Waals surface area contributed by atoms with Crippen LogP contribution in [-0.4, -0.2) is 33.8 Å². The van der Waals surface area contributed by atoms with Crippen molar-refractivity contribution < 1.29 is 19.4 Å². The second-order valence-electron chi connectivity index (χ2n) is 7.85. The maximum absolute atomic E-state index is 12.9. The van der Waals surface area contributed by atoms with E-state index in [1.54, 1.807) is 19.5 Å². The maximum Gasteiger partial charge on any atom is 0.349 e. The number of hydrogen-bond donors (Lipinski definition) is 2. The van der Waals surface area contributed by atoms with Crippen molar-refractivity contribution in [2.24, 2.45) is 5.92 Å². The van der Waals surface area contributed by atoms with Gasteiger partial charge < -0.3 is 19.6 Å². The van der Waals surface area contributed by atoms with Crippen LogP contribution in [0.5, 0.6) is 5.75 Å². The number of hydrogen-bond acceptors (Lipinski definition) is 6. The number of aliphatic hydroxyl groups is 1. The predicted molar refractivity (Wildman–Crippen MR) is 116 cm³/mol. The van der Waals surface area contributed by atoms with E-state index in [2.05, 4.69) is 9.97 Å². The van der Waals surface area contributed by atoms with Crippen LogP contribution in [0.4, 0.5) is 0 Å². The lowest BCUT2D eigenvalue weighted by Crippen LogP contribution is -2.45. The lowest BCUT2D eigenvalue weighted by atomic mass is 9.77. The fourth-order valence-electron chi connectivity index (χ4n) is 4.50. The van der Waals surface area contributed by atoms with Crippen molar-refractivity contribution in [2.45, 2.75) is 55.7 Å². The van der Waals surface area contributed by atoms with Crippen molar-refractivity contribution in [3.05, 3.63) is 51.8 Å². The molecule has 0 amide bonds. The van der Waals surface area contributed by atoms with Gasteiger partial charge in [-0.15, -0.1) is 0 Å². The molecule has 1 unspecified atom stereocenters. The number of aromatic nitrogens is 2. The number of nitrogens with one attached hydrogen (secondary N) is 1. The van der Waals surface area contributed by atoms with E-state index in [-0.39, 0.29) is 16.6 Å². The van der Waals surface area contributed by atoms with E-state index < -0.39 is 11.6 Å². The molecule has 1 aliphatic heterocycles. The predicted octanol–water partition coefficient (Wildman–Crippen LogP) is 5.44. The SMILES string of the molecule is COc1ccc(CCC2(C3CCCC3)CC(O)=C(Sc3ncc[nH]3)C(=O)O2)cc1Cl. The Kier molecular flexibility index (Phi) is 6.29. The highest BCUT2D eigenvalue weighted by molar-refractivity contribution is 8.03. The van der Waals surface area contributed by atoms with Crippen LogP contribution in [-0.2, 0) is 16.0 Å². The number of nitrogens with zero attached hydrogens (tertiary/aromatic N) is 1. The molecule has 1 aromatic carbocycles. The van der Waals surface area contributed by atoms with Crippen LogP contribution in [0.1, 0.15) is 44.1 Å². The fraction of sp³-hybridized carbons (Fsp3) is 0.455. The lowest BCUT2D eigenvalue weighted by molar-refractivity contribution is -0.166. The third kappa shape index (κ3) is 4.32. The van der Waals surface area contributed by atoms with Crippen molar-refractivity contribution in [1.29, 1.82) is 0 Å². The second kappa shape index (κ2) is 8.94. The molecule has 30 heavy (non-hydrogen) atoms. The number of rotatable bonds is 7. The molecular formula is C22H25ClN2O4S. The number of aryl methyl sites for hydroxylation is 1. The first-order valence-corrected chi connectivity index (χ1v) is 11.4. The largest absolute Gasteiger partial charge is 0.511 e. The summed E-state index contributed by atoms with van der Waals surface area (Å²) in [5.41, 5.74) is 0.352. The third-order valence-corrected chi connectivity index (χ3v) is 7.35. The Bertz CT molecular complexity index is 941. The average molecular weight is 449 g/mol. The molecule has 0 spiro atoms. The molecule has 2 heterocycles. The van der Waals surface area contributed by atoms with Crippen LogP contribution in [0.2, 0.25) is 5.02 Å². The molecule has 1 atom stereocenters. The van der Waals surface area contributed by atoms with E-state index in [0.29, 0.717) is 35.2 Å². The summed E-state index contributed by atoms with van der Waals surface area (Å²) in [5.74, 6) is 0.495. The van der Waals surface area contributed by atoms with Gasteiger partial charge in [0, 0.05) is 18.8 Å². The number of thioether (sulfide) groups is 1. The first kappa shape index (κ1) is 21.1. The smallest absolute Gasteiger partial charge is 0.349 e. The van der Waals surface area contributed by atoms with E-state index in [1.807, 2.05) is 18.2 Å². The monoisotopic (exact) mass is 448 g/mol. The Morgan fingerprint density at radius 2 is 2.20 bits per heavy atom. The van der Waals surface area contributed by atoms with Gasteiger partial charge in [-0.05, 0) is 61.1 Å². The zero-order chi connectivity index (χ0) is 21.1. The standard InChI is InChI=1S/C22H25ClN2O4S/c1-28-18-7-6-14(12-16(18)23)8-9-22(15-4-2-3-5-15)13-17(26)19(20(27)29-22)30-21-24-10-11-25-21/h6-7,10-12,15,26H,2-5,8-9,13H2,1H3,(H,24,25). The quantitative estimate of drug-likeness (QED) is 0.548. The van der Waals surface area contributed by atoms with Gasteiger partial charge in [0.05, 0.1) is 12.1 Å². The van der Waals surface area contributed by atoms with Gasteiger partial charge >= 0.3 is 5.97 Å². The van der Waals surface area contributed by atoms with Crippen LogP contribution in [0.25, 0.3) is 0 Å². The number of carbonyl (C=O) groups excluding carboxylic acids is 1. The van der Waals surface area contributed by atoms with Gasteiger partial charge in [0.15, 0.2) is 5.16 Å². The maximum atomic E-state index is 12.9. The summed E-state index contributed by atoms with van der Waals surface area (Å²) >= 11 is 7.38. The van der Waals surface area contributed by atoms with Crippen LogP contribution < -0.4 is 4.74 Å². The molecule has 2 aromatic rings. The molecule has 8 heteroatoms. The summed E-state index contributed by atoms with van der Waals surface area (Å²) in [7, 11) is 1.59. The number of imidazole rings is 1. The lowest BCUT2D eigenvalue weighted by Gasteiger charge is -2.41. The fourth-order valence-corrected chi connectivity index (χ4v) is 5.53. The summed E-state index contributed by atoms with van der Waals surface area (Å²) in [6.45, 7) is 0. The third-order valence-electron chi connectivity index (χ3n) is 6.03. The van der Waals surface area contributed by atoms with Crippen LogP contribution in [0, 0.1) is 5.92 Å². The minimum absolute atomic E-state index is 0.0901. The van der Waals surface area contributed by atoms with Gasteiger partial charge in [0.2, 0.25) is 0 Å². The summed E-state index contributed by atoms with van der Waals surface area (Å²) in [4.78, 5) is 20.2. The molecular weight excluding hydrogens is 424 g/mol. The van der Waals surface area contributed by atoms with Crippen molar-refractivity contribution in [2.75, 3.05) is 7.11 Å². The minimum atomic E-state index is -0.697. The van der Waals surface area contributed by atoms with E-state index >= 15 is 0 Å². The Hall–Kier alpha value is -2.12. The number of esters is 1. The Labute approximate surface area is 185 Å². The van der Waals surface area contributed by atoms with Crippen molar-refractivity contribution in [1.82, 2.24) is 9.97 Å². The number of cyclic esters (lactones) is 1. The summed E-state index contributed by atoms with van der Waals surface area (Å²) < 4.78 is 11.3. The summed E-state index contributed by atoms with van der Waals surface area (Å²) in [6, 6.07) is 5.72. The number of ether oxygens (including phenoxy) is 2. The number of methoxy groups -OCH3 is 1. The number of carbonyl (C=O) groups is 1. The molecule has 4 rings (SSSR count). The van der Waals surface area contributed by atoms with Gasteiger partial charge in [-0.1, -0.05) is 30.5 Å². The molecule has 2 N–H and O–H groups in total. The van der Waals surface area contributed by atoms with Crippen molar-refractivity contribution in [3.63, 3.8) is 0 Å². The molecule has 1 fully saturated rings. The van der Waals surface area contributed by atoms with E-state index in [1.165, 1.54) is 0 Å². The zero-order valence-corrected chi connectivity index (χ0v) is 18.4. The zero-order valence-electron chi connectivity index (χ0n) is 16.8. The van der Waals surface area contributed by atoms with E-state index in [9.17, 15) is 9.90 Å². The van der Waals surface area contributed by atoms with Gasteiger partial charge in [-0.25, -0.2) is 9.78 Å². The van der Waals surface area contributed by atoms with Gasteiger partial charge in [-0.3, -0.25) is 0 Å². The van der Waals surface area contributed by atoms with Crippen LogP contribution >= 0.6 is 23.4 Å². The Morgan fingerprint density at radius 1 is 1.40 bits per heavy atom. The highest BCUT2D eigenvalue weighted by Gasteiger charge is 2.48. The topological polar surface area (TPSA) is 84.4 Å². The van der Waals surface area contributed by atoms with Crippen molar-refractivity contribution in [3.8, 4) is 5.75 Å². The number of aromatic amines is 1. The van der Waals surface area contributed by atoms with Gasteiger partial charge in [-0.2, -0.15) is 0 Å². The molecule has 6 nitrogen and oxygen atoms in total. The highest BCUT2D eigenvalue weighted by Crippen LogP contribution is 2.47. The number of aliphatic hydroxyl groups excluding tert-OH is 1. The molecule has 1 aromatic heterocycles. The number of H-pyrrole nitrogens is 1. The summed E-state index contributed by atoms with van der Waals surface area (Å²) in [5, 5.41) is 11.9.